The van der Waals surface area contributed by atoms with Gasteiger partial charge in [-0.25, -0.2) is 13.8 Å². The maximum absolute atomic E-state index is 12.1. The van der Waals surface area contributed by atoms with Crippen LogP contribution in [0.3, 0.4) is 0 Å². The Kier molecular flexibility index (Phi) is 6.48. The highest BCUT2D eigenvalue weighted by atomic mass is 19.3. The first-order valence-corrected chi connectivity index (χ1v) is 6.71. The predicted molar refractivity (Wildman–Crippen MR) is 73.6 cm³/mol. The van der Waals surface area contributed by atoms with Crippen molar-refractivity contribution >= 4 is 5.91 Å². The number of aliphatic hydroxyl groups is 1. The molecule has 0 aliphatic heterocycles. The summed E-state index contributed by atoms with van der Waals surface area (Å²) in [5.41, 5.74) is -0.466. The smallest absolute Gasteiger partial charge is 0.272 e. The first-order chi connectivity index (χ1) is 9.90. The molecular formula is C14H20F2N2O3. The van der Waals surface area contributed by atoms with E-state index in [1.165, 1.54) is 18.2 Å². The van der Waals surface area contributed by atoms with Gasteiger partial charge in [-0.2, -0.15) is 0 Å². The number of hydrogen-bond donors (Lipinski definition) is 2. The molecule has 2 N–H and O–H groups in total. The van der Waals surface area contributed by atoms with Crippen molar-refractivity contribution in [3.63, 3.8) is 0 Å². The van der Waals surface area contributed by atoms with Crippen molar-refractivity contribution in [2.75, 3.05) is 13.2 Å². The van der Waals surface area contributed by atoms with Gasteiger partial charge in [0, 0.05) is 18.2 Å². The summed E-state index contributed by atoms with van der Waals surface area (Å²) in [6, 6.07) is 4.39. The molecular weight excluding hydrogens is 282 g/mol. The zero-order valence-corrected chi connectivity index (χ0v) is 12.1. The summed E-state index contributed by atoms with van der Waals surface area (Å²) in [5, 5.41) is 11.8. The molecule has 1 atom stereocenters. The summed E-state index contributed by atoms with van der Waals surface area (Å²) in [7, 11) is 0. The second-order valence-electron chi connectivity index (χ2n) is 4.91. The van der Waals surface area contributed by atoms with Gasteiger partial charge < -0.3 is 15.2 Å². The van der Waals surface area contributed by atoms with Crippen LogP contribution in [0.15, 0.2) is 18.2 Å². The molecule has 0 aromatic carbocycles. The van der Waals surface area contributed by atoms with Crippen LogP contribution in [-0.2, 0) is 0 Å². The Bertz CT molecular complexity index is 471. The van der Waals surface area contributed by atoms with Crippen LogP contribution in [0.5, 0.6) is 5.88 Å². The fraction of sp³-hybridized carbons (Fsp3) is 0.571. The van der Waals surface area contributed by atoms with Gasteiger partial charge in [0.05, 0.1) is 0 Å². The van der Waals surface area contributed by atoms with Gasteiger partial charge in [-0.3, -0.25) is 4.79 Å². The Hall–Kier alpha value is -1.76. The lowest BCUT2D eigenvalue weighted by atomic mass is 9.94. The Morgan fingerprint density at radius 2 is 2.24 bits per heavy atom. The molecule has 0 bridgehead atoms. The second kappa shape index (κ2) is 7.87. The van der Waals surface area contributed by atoms with Gasteiger partial charge >= 0.3 is 0 Å². The molecule has 0 aliphatic carbocycles. The number of amides is 1. The highest BCUT2D eigenvalue weighted by molar-refractivity contribution is 5.92. The van der Waals surface area contributed by atoms with Gasteiger partial charge in [-0.05, 0) is 25.8 Å². The Morgan fingerprint density at radius 3 is 2.81 bits per heavy atom. The standard InChI is InChI=1S/C14H20F2N2O3/c1-3-14(2,7-8-19)18-13(20)10-5-4-6-12(17-10)21-9-11(15)16/h4-6,11,19H,3,7-9H2,1-2H3,(H,18,20). The van der Waals surface area contributed by atoms with E-state index in [4.69, 9.17) is 9.84 Å². The monoisotopic (exact) mass is 302 g/mol. The van der Waals surface area contributed by atoms with Gasteiger partial charge in [-0.1, -0.05) is 13.0 Å². The minimum Gasteiger partial charge on any atom is -0.472 e. The molecule has 1 rings (SSSR count). The van der Waals surface area contributed by atoms with E-state index in [0.717, 1.165) is 0 Å². The molecule has 0 saturated carbocycles. The van der Waals surface area contributed by atoms with Gasteiger partial charge in [0.15, 0.2) is 6.61 Å². The van der Waals surface area contributed by atoms with E-state index in [1.54, 1.807) is 0 Å². The summed E-state index contributed by atoms with van der Waals surface area (Å²) in [5.74, 6) is -0.460. The zero-order chi connectivity index (χ0) is 15.9. The summed E-state index contributed by atoms with van der Waals surface area (Å²) >= 11 is 0. The Labute approximate surface area is 122 Å². The number of aromatic nitrogens is 1. The summed E-state index contributed by atoms with van der Waals surface area (Å²) in [4.78, 5) is 16.0. The third-order valence-corrected chi connectivity index (χ3v) is 3.17. The van der Waals surface area contributed by atoms with Gasteiger partial charge in [0.2, 0.25) is 5.88 Å². The van der Waals surface area contributed by atoms with Crippen molar-refractivity contribution in [1.82, 2.24) is 10.3 Å². The second-order valence-corrected chi connectivity index (χ2v) is 4.91. The molecule has 1 aromatic rings. The van der Waals surface area contributed by atoms with E-state index in [0.29, 0.717) is 12.8 Å². The molecule has 21 heavy (non-hydrogen) atoms. The number of carbonyl (C=O) groups excluding carboxylic acids is 1. The molecule has 0 saturated heterocycles. The molecule has 1 amide bonds. The maximum atomic E-state index is 12.1. The van der Waals surface area contributed by atoms with Crippen LogP contribution in [-0.4, -0.2) is 41.2 Å². The molecule has 0 aliphatic rings. The highest BCUT2D eigenvalue weighted by Crippen LogP contribution is 2.15. The highest BCUT2D eigenvalue weighted by Gasteiger charge is 2.24. The molecule has 5 nitrogen and oxygen atoms in total. The van der Waals surface area contributed by atoms with Gasteiger partial charge in [0.1, 0.15) is 5.69 Å². The van der Waals surface area contributed by atoms with Crippen molar-refractivity contribution in [1.29, 1.82) is 0 Å². The molecule has 1 aromatic heterocycles. The molecule has 1 heterocycles. The number of halogens is 2. The number of nitrogens with one attached hydrogen (secondary N) is 1. The molecule has 1 unspecified atom stereocenters. The van der Waals surface area contributed by atoms with Gasteiger partial charge in [0.25, 0.3) is 12.3 Å². The van der Waals surface area contributed by atoms with Crippen molar-refractivity contribution in [2.45, 2.75) is 38.7 Å². The first-order valence-electron chi connectivity index (χ1n) is 6.71. The van der Waals surface area contributed by atoms with E-state index >= 15 is 0 Å². The van der Waals surface area contributed by atoms with Crippen LogP contribution in [0.4, 0.5) is 8.78 Å². The number of pyridine rings is 1. The van der Waals surface area contributed by atoms with Crippen molar-refractivity contribution in [3.8, 4) is 5.88 Å². The molecule has 118 valence electrons. The lowest BCUT2D eigenvalue weighted by Gasteiger charge is -2.28. The molecule has 7 heteroatoms. The molecule has 0 radical (unpaired) electrons. The SMILES string of the molecule is CCC(C)(CCO)NC(=O)c1cccc(OCC(F)F)n1. The van der Waals surface area contributed by atoms with E-state index in [9.17, 15) is 13.6 Å². The average Bonchev–Trinajstić information content (AvgIpc) is 2.45. The molecule has 0 fully saturated rings. The largest absolute Gasteiger partial charge is 0.472 e. The van der Waals surface area contributed by atoms with E-state index in [-0.39, 0.29) is 18.2 Å². The Balaban J connectivity index is 2.76. The number of nitrogens with zero attached hydrogens (tertiary/aromatic N) is 1. The normalized spacial score (nSPS) is 13.8. The first kappa shape index (κ1) is 17.3. The average molecular weight is 302 g/mol. The zero-order valence-electron chi connectivity index (χ0n) is 12.1. The topological polar surface area (TPSA) is 71.5 Å². The maximum Gasteiger partial charge on any atom is 0.272 e. The number of hydrogen-bond acceptors (Lipinski definition) is 4. The van der Waals surface area contributed by atoms with Crippen LogP contribution in [0.2, 0.25) is 0 Å². The minimum atomic E-state index is -2.60. The third kappa shape index (κ3) is 5.63. The summed E-state index contributed by atoms with van der Waals surface area (Å²) < 4.78 is 28.9. The lowest BCUT2D eigenvalue weighted by molar-refractivity contribution is 0.0790. The molecule has 0 spiro atoms. The quantitative estimate of drug-likeness (QED) is 0.770. The van der Waals surface area contributed by atoms with Crippen molar-refractivity contribution in [3.05, 3.63) is 23.9 Å². The van der Waals surface area contributed by atoms with E-state index < -0.39 is 24.5 Å². The summed E-state index contributed by atoms with van der Waals surface area (Å²) in [6.45, 7) is 2.90. The van der Waals surface area contributed by atoms with Crippen LogP contribution in [0.1, 0.15) is 37.2 Å². The number of rotatable bonds is 8. The number of aliphatic hydroxyl groups excluding tert-OH is 1. The summed E-state index contributed by atoms with van der Waals surface area (Å²) in [6.07, 6.45) is -1.55. The number of carbonyl (C=O) groups is 1. The third-order valence-electron chi connectivity index (χ3n) is 3.17. The fourth-order valence-corrected chi connectivity index (χ4v) is 1.68. The van der Waals surface area contributed by atoms with Crippen LogP contribution in [0, 0.1) is 0 Å². The van der Waals surface area contributed by atoms with Crippen LogP contribution in [0.25, 0.3) is 0 Å². The van der Waals surface area contributed by atoms with Crippen LogP contribution >= 0.6 is 0 Å². The lowest BCUT2D eigenvalue weighted by Crippen LogP contribution is -2.46. The van der Waals surface area contributed by atoms with E-state index in [2.05, 4.69) is 10.3 Å². The van der Waals surface area contributed by atoms with Crippen molar-refractivity contribution in [2.24, 2.45) is 0 Å². The van der Waals surface area contributed by atoms with Crippen LogP contribution < -0.4 is 10.1 Å². The predicted octanol–water partition coefficient (Wildman–Crippen LogP) is 2.01. The minimum absolute atomic E-state index is 0.0247. The fourth-order valence-electron chi connectivity index (χ4n) is 1.68. The van der Waals surface area contributed by atoms with Gasteiger partial charge in [-0.15, -0.1) is 0 Å². The van der Waals surface area contributed by atoms with E-state index in [1.807, 2.05) is 13.8 Å². The Morgan fingerprint density at radius 1 is 1.52 bits per heavy atom. The van der Waals surface area contributed by atoms with Crippen molar-refractivity contribution < 1.29 is 23.4 Å². The number of alkyl halides is 2. The number of ether oxygens (including phenoxy) is 1.